The van der Waals surface area contributed by atoms with E-state index >= 15 is 0 Å². The summed E-state index contributed by atoms with van der Waals surface area (Å²) < 4.78 is 1.86. The predicted octanol–water partition coefficient (Wildman–Crippen LogP) is 2.33. The second-order valence-electron chi connectivity index (χ2n) is 6.01. The Hall–Kier alpha value is -4.27. The number of hydrogen-bond acceptors (Lipinski definition) is 5. The van der Waals surface area contributed by atoms with Gasteiger partial charge in [-0.2, -0.15) is 5.01 Å². The maximum Gasteiger partial charge on any atom is 0.280 e. The molecule has 0 bridgehead atoms. The Bertz CT molecular complexity index is 1120. The van der Waals surface area contributed by atoms with Crippen molar-refractivity contribution in [2.45, 2.75) is 0 Å². The van der Waals surface area contributed by atoms with Crippen LogP contribution in [0.3, 0.4) is 0 Å². The number of imide groups is 1. The molecule has 3 aromatic rings. The monoisotopic (exact) mass is 376 g/mol. The summed E-state index contributed by atoms with van der Waals surface area (Å²) in [5.41, 5.74) is 2.92. The van der Waals surface area contributed by atoms with E-state index in [0.717, 1.165) is 17.8 Å². The molecule has 0 saturated heterocycles. The van der Waals surface area contributed by atoms with Crippen molar-refractivity contribution in [1.82, 2.24) is 15.0 Å². The molecule has 0 radical (unpaired) electrons. The van der Waals surface area contributed by atoms with Crippen LogP contribution in [0.4, 0.5) is 5.69 Å². The summed E-state index contributed by atoms with van der Waals surface area (Å²) in [6, 6.07) is 13.7. The third-order valence-corrected chi connectivity index (χ3v) is 4.33. The molecule has 28 heavy (non-hydrogen) atoms. The largest absolute Gasteiger partial charge is 0.324 e. The van der Waals surface area contributed by atoms with Crippen LogP contribution < -0.4 is 5.43 Å². The van der Waals surface area contributed by atoms with Crippen molar-refractivity contribution in [3.63, 3.8) is 0 Å². The molecule has 138 valence electrons. The van der Waals surface area contributed by atoms with Crippen LogP contribution in [0.2, 0.25) is 0 Å². The van der Waals surface area contributed by atoms with Crippen molar-refractivity contribution in [2.24, 2.45) is 0 Å². The number of nitro benzene ring substituents is 1. The number of nitrogens with one attached hydrogen (secondary N) is 1. The normalized spacial score (nSPS) is 12.8. The molecule has 0 aliphatic carbocycles. The second-order valence-corrected chi connectivity index (χ2v) is 6.01. The topological polar surface area (TPSA) is 115 Å². The number of carbonyl (C=O) groups excluding carboxylic acids is 3. The Morgan fingerprint density at radius 1 is 0.929 bits per heavy atom. The predicted molar refractivity (Wildman–Crippen MR) is 96.8 cm³/mol. The number of hydrazine groups is 1. The van der Waals surface area contributed by atoms with E-state index in [2.05, 4.69) is 5.43 Å². The van der Waals surface area contributed by atoms with E-state index in [9.17, 15) is 24.5 Å². The Morgan fingerprint density at radius 3 is 2.21 bits per heavy atom. The first-order valence-electron chi connectivity index (χ1n) is 8.17. The second kappa shape index (κ2) is 6.47. The van der Waals surface area contributed by atoms with Gasteiger partial charge in [0.25, 0.3) is 23.4 Å². The molecule has 2 aromatic carbocycles. The van der Waals surface area contributed by atoms with Crippen LogP contribution in [0.5, 0.6) is 0 Å². The first-order chi connectivity index (χ1) is 13.5. The number of aromatic nitrogens is 1. The minimum atomic E-state index is -0.819. The van der Waals surface area contributed by atoms with Crippen molar-refractivity contribution in [3.05, 3.63) is 93.8 Å². The SMILES string of the molecule is O=C(NN1C(=O)c2ccc([N+](=O)[O-])cc2C1=O)c1ccc(-n2cccc2)cc1. The molecular weight excluding hydrogens is 364 g/mol. The summed E-state index contributed by atoms with van der Waals surface area (Å²) in [6.45, 7) is 0. The number of carbonyl (C=O) groups is 3. The molecule has 0 atom stereocenters. The summed E-state index contributed by atoms with van der Waals surface area (Å²) in [5, 5.41) is 11.4. The quantitative estimate of drug-likeness (QED) is 0.426. The first-order valence-corrected chi connectivity index (χ1v) is 8.17. The van der Waals surface area contributed by atoms with Gasteiger partial charge >= 0.3 is 0 Å². The summed E-state index contributed by atoms with van der Waals surface area (Å²) in [6.07, 6.45) is 3.71. The van der Waals surface area contributed by atoms with Crippen molar-refractivity contribution < 1.29 is 19.3 Å². The Kier molecular flexibility index (Phi) is 3.96. The van der Waals surface area contributed by atoms with Crippen LogP contribution in [0.1, 0.15) is 31.1 Å². The van der Waals surface area contributed by atoms with Crippen LogP contribution in [0.15, 0.2) is 67.0 Å². The van der Waals surface area contributed by atoms with Gasteiger partial charge in [-0.05, 0) is 42.5 Å². The fraction of sp³-hybridized carbons (Fsp3) is 0. The number of nitro groups is 1. The van der Waals surface area contributed by atoms with E-state index in [1.54, 1.807) is 24.3 Å². The van der Waals surface area contributed by atoms with E-state index < -0.39 is 22.6 Å². The highest BCUT2D eigenvalue weighted by atomic mass is 16.6. The van der Waals surface area contributed by atoms with E-state index in [1.165, 1.54) is 6.07 Å². The highest BCUT2D eigenvalue weighted by Crippen LogP contribution is 2.25. The van der Waals surface area contributed by atoms with Gasteiger partial charge in [-0.25, -0.2) is 0 Å². The smallest absolute Gasteiger partial charge is 0.280 e. The molecule has 1 N–H and O–H groups in total. The zero-order valence-electron chi connectivity index (χ0n) is 14.2. The Morgan fingerprint density at radius 2 is 1.57 bits per heavy atom. The van der Waals surface area contributed by atoms with Gasteiger partial charge in [0.2, 0.25) is 0 Å². The molecule has 1 aliphatic rings. The fourth-order valence-electron chi connectivity index (χ4n) is 2.90. The number of nitrogens with zero attached hydrogens (tertiary/aromatic N) is 3. The molecule has 0 saturated carbocycles. The lowest BCUT2D eigenvalue weighted by Gasteiger charge is -2.15. The molecule has 3 amide bonds. The van der Waals surface area contributed by atoms with Crippen molar-refractivity contribution in [1.29, 1.82) is 0 Å². The highest BCUT2D eigenvalue weighted by molar-refractivity contribution is 6.22. The van der Waals surface area contributed by atoms with Gasteiger partial charge in [-0.15, -0.1) is 0 Å². The van der Waals surface area contributed by atoms with Crippen molar-refractivity contribution >= 4 is 23.4 Å². The molecule has 0 spiro atoms. The summed E-state index contributed by atoms with van der Waals surface area (Å²) in [4.78, 5) is 47.5. The minimum Gasteiger partial charge on any atom is -0.324 e. The standard InChI is InChI=1S/C19H12N4O5/c24-17(12-3-5-13(6-4-12)21-9-1-2-10-21)20-22-18(25)15-8-7-14(23(27)28)11-16(15)19(22)26/h1-11H,(H,20,24). The fourth-order valence-corrected chi connectivity index (χ4v) is 2.90. The molecule has 9 heteroatoms. The van der Waals surface area contributed by atoms with Crippen LogP contribution in [-0.4, -0.2) is 32.2 Å². The van der Waals surface area contributed by atoms with Crippen LogP contribution in [-0.2, 0) is 0 Å². The van der Waals surface area contributed by atoms with Gasteiger partial charge in [0.15, 0.2) is 0 Å². The highest BCUT2D eigenvalue weighted by Gasteiger charge is 2.38. The van der Waals surface area contributed by atoms with Gasteiger partial charge < -0.3 is 4.57 Å². The minimum absolute atomic E-state index is 0.00106. The molecular formula is C19H12N4O5. The van der Waals surface area contributed by atoms with E-state index in [-0.39, 0.29) is 22.4 Å². The number of benzene rings is 2. The van der Waals surface area contributed by atoms with E-state index in [4.69, 9.17) is 0 Å². The Balaban J connectivity index is 1.54. The lowest BCUT2D eigenvalue weighted by molar-refractivity contribution is -0.384. The van der Waals surface area contributed by atoms with Gasteiger partial charge in [-0.1, -0.05) is 0 Å². The van der Waals surface area contributed by atoms with Gasteiger partial charge in [0.05, 0.1) is 16.1 Å². The summed E-state index contributed by atoms with van der Waals surface area (Å²) in [5.74, 6) is -2.21. The van der Waals surface area contributed by atoms with Crippen molar-refractivity contribution in [3.8, 4) is 5.69 Å². The average Bonchev–Trinajstić information content (AvgIpc) is 3.32. The molecule has 0 fully saturated rings. The lowest BCUT2D eigenvalue weighted by atomic mass is 10.1. The van der Waals surface area contributed by atoms with Gasteiger partial charge in [-0.3, -0.25) is 29.9 Å². The van der Waals surface area contributed by atoms with Crippen LogP contribution in [0, 0.1) is 10.1 Å². The summed E-state index contributed by atoms with van der Waals surface area (Å²) in [7, 11) is 0. The first kappa shape index (κ1) is 17.2. The maximum atomic E-state index is 12.4. The molecule has 2 heterocycles. The van der Waals surface area contributed by atoms with E-state index in [1.807, 2.05) is 29.1 Å². The third-order valence-electron chi connectivity index (χ3n) is 4.33. The molecule has 1 aliphatic heterocycles. The van der Waals surface area contributed by atoms with Gasteiger partial charge in [0, 0.05) is 35.8 Å². The zero-order valence-corrected chi connectivity index (χ0v) is 14.2. The zero-order chi connectivity index (χ0) is 19.8. The maximum absolute atomic E-state index is 12.4. The van der Waals surface area contributed by atoms with Gasteiger partial charge in [0.1, 0.15) is 0 Å². The van der Waals surface area contributed by atoms with Crippen molar-refractivity contribution in [2.75, 3.05) is 0 Å². The molecule has 1 aromatic heterocycles. The number of non-ortho nitro benzene ring substituents is 1. The molecule has 9 nitrogen and oxygen atoms in total. The number of fused-ring (bicyclic) bond motifs is 1. The summed E-state index contributed by atoms with van der Waals surface area (Å²) >= 11 is 0. The molecule has 4 rings (SSSR count). The number of rotatable bonds is 4. The Labute approximate surface area is 157 Å². The lowest BCUT2D eigenvalue weighted by Crippen LogP contribution is -2.45. The van der Waals surface area contributed by atoms with Crippen LogP contribution in [0.25, 0.3) is 5.69 Å². The third kappa shape index (κ3) is 2.80. The molecule has 0 unspecified atom stereocenters. The number of hydrogen-bond donors (Lipinski definition) is 1. The van der Waals surface area contributed by atoms with E-state index in [0.29, 0.717) is 5.01 Å². The van der Waals surface area contributed by atoms with Crippen LogP contribution >= 0.6 is 0 Å². The number of amides is 3. The average molecular weight is 376 g/mol.